The van der Waals surface area contributed by atoms with Gasteiger partial charge >= 0.3 is 6.18 Å². The number of hydrogen-bond acceptors (Lipinski definition) is 6. The molecule has 0 bridgehead atoms. The van der Waals surface area contributed by atoms with Gasteiger partial charge < -0.3 is 10.6 Å². The highest BCUT2D eigenvalue weighted by Crippen LogP contribution is 2.30. The number of anilines is 2. The number of alkyl halides is 3. The van der Waals surface area contributed by atoms with E-state index in [9.17, 15) is 13.2 Å². The summed E-state index contributed by atoms with van der Waals surface area (Å²) in [6, 6.07) is 18.6. The average Bonchev–Trinajstić information content (AvgIpc) is 3.31. The number of benzene rings is 2. The average molecular weight is 475 g/mol. The molecule has 0 radical (unpaired) electrons. The van der Waals surface area contributed by atoms with Gasteiger partial charge in [0.05, 0.1) is 5.56 Å². The maximum Gasteiger partial charge on any atom is 0.416 e. The van der Waals surface area contributed by atoms with Crippen molar-refractivity contribution in [1.82, 2.24) is 24.5 Å². The third-order valence-electron chi connectivity index (χ3n) is 5.32. The first-order chi connectivity index (χ1) is 17.0. The van der Waals surface area contributed by atoms with Gasteiger partial charge in [0, 0.05) is 31.2 Å². The van der Waals surface area contributed by atoms with Crippen LogP contribution >= 0.6 is 0 Å². The van der Waals surface area contributed by atoms with Crippen molar-refractivity contribution in [2.24, 2.45) is 0 Å². The van der Waals surface area contributed by atoms with Crippen LogP contribution in [0.15, 0.2) is 85.5 Å². The standard InChI is InChI=1S/C25H20F3N7/c26-25(27,28)19-8-4-6-17(12-19)14-30-22-21-23(35(16-32-21)20-9-2-1-3-10-20)34-24(33-22)31-15-18-7-5-11-29-13-18/h1-13,16H,14-15H2,(H2,30,31,33,34). The van der Waals surface area contributed by atoms with E-state index in [1.165, 1.54) is 6.07 Å². The van der Waals surface area contributed by atoms with Crippen molar-refractivity contribution in [3.63, 3.8) is 0 Å². The van der Waals surface area contributed by atoms with E-state index in [0.29, 0.717) is 35.0 Å². The SMILES string of the molecule is FC(F)(F)c1cccc(CNc2nc(NCc3cccnc3)nc3c2ncn3-c2ccccc2)c1. The lowest BCUT2D eigenvalue weighted by Crippen LogP contribution is -2.10. The summed E-state index contributed by atoms with van der Waals surface area (Å²) in [5.74, 6) is 0.765. The highest BCUT2D eigenvalue weighted by Gasteiger charge is 2.30. The van der Waals surface area contributed by atoms with Crippen LogP contribution in [-0.4, -0.2) is 24.5 Å². The second-order valence-corrected chi connectivity index (χ2v) is 7.78. The Morgan fingerprint density at radius 3 is 2.40 bits per heavy atom. The molecule has 0 spiro atoms. The summed E-state index contributed by atoms with van der Waals surface area (Å²) in [6.07, 6.45) is 0.678. The van der Waals surface area contributed by atoms with Crippen molar-refractivity contribution in [3.8, 4) is 5.69 Å². The highest BCUT2D eigenvalue weighted by atomic mass is 19.4. The summed E-state index contributed by atoms with van der Waals surface area (Å²) in [5, 5.41) is 6.34. The topological polar surface area (TPSA) is 80.6 Å². The normalized spacial score (nSPS) is 11.5. The fourth-order valence-electron chi connectivity index (χ4n) is 3.61. The molecule has 0 fully saturated rings. The molecule has 10 heteroatoms. The van der Waals surface area contributed by atoms with Crippen LogP contribution in [0.25, 0.3) is 16.9 Å². The minimum atomic E-state index is -4.41. The maximum atomic E-state index is 13.1. The van der Waals surface area contributed by atoms with Gasteiger partial charge in [-0.25, -0.2) is 4.98 Å². The third kappa shape index (κ3) is 5.06. The van der Waals surface area contributed by atoms with Crippen LogP contribution in [0.2, 0.25) is 0 Å². The Morgan fingerprint density at radius 2 is 1.63 bits per heavy atom. The molecule has 35 heavy (non-hydrogen) atoms. The molecule has 0 aliphatic carbocycles. The van der Waals surface area contributed by atoms with Gasteiger partial charge in [-0.1, -0.05) is 36.4 Å². The van der Waals surface area contributed by atoms with Crippen molar-refractivity contribution in [2.45, 2.75) is 19.3 Å². The van der Waals surface area contributed by atoms with Crippen molar-refractivity contribution in [1.29, 1.82) is 0 Å². The zero-order chi connectivity index (χ0) is 24.3. The number of nitrogens with one attached hydrogen (secondary N) is 2. The van der Waals surface area contributed by atoms with E-state index in [1.54, 1.807) is 24.8 Å². The summed E-state index contributed by atoms with van der Waals surface area (Å²) in [5.41, 5.74) is 2.66. The number of rotatable bonds is 7. The Balaban J connectivity index is 1.48. The van der Waals surface area contributed by atoms with Gasteiger partial charge in [0.25, 0.3) is 0 Å². The zero-order valence-electron chi connectivity index (χ0n) is 18.4. The van der Waals surface area contributed by atoms with E-state index >= 15 is 0 Å². The summed E-state index contributed by atoms with van der Waals surface area (Å²) in [4.78, 5) is 17.8. The maximum absolute atomic E-state index is 13.1. The molecule has 2 N–H and O–H groups in total. The van der Waals surface area contributed by atoms with Crippen molar-refractivity contribution in [3.05, 3.63) is 102 Å². The van der Waals surface area contributed by atoms with E-state index in [4.69, 9.17) is 0 Å². The number of fused-ring (bicyclic) bond motifs is 1. The minimum Gasteiger partial charge on any atom is -0.364 e. The zero-order valence-corrected chi connectivity index (χ0v) is 18.4. The van der Waals surface area contributed by atoms with Crippen LogP contribution in [0.4, 0.5) is 24.9 Å². The van der Waals surface area contributed by atoms with E-state index in [1.807, 2.05) is 47.0 Å². The van der Waals surface area contributed by atoms with E-state index in [0.717, 1.165) is 23.4 Å². The Labute approximate surface area is 198 Å². The van der Waals surface area contributed by atoms with Crippen molar-refractivity contribution >= 4 is 22.9 Å². The molecule has 0 atom stereocenters. The van der Waals surface area contributed by atoms with Crippen molar-refractivity contribution < 1.29 is 13.2 Å². The molecule has 176 valence electrons. The molecule has 0 aliphatic heterocycles. The van der Waals surface area contributed by atoms with Gasteiger partial charge in [-0.2, -0.15) is 23.1 Å². The fraction of sp³-hybridized carbons (Fsp3) is 0.120. The number of halogens is 3. The molecule has 0 unspecified atom stereocenters. The number of imidazole rings is 1. The molecule has 5 rings (SSSR count). The van der Waals surface area contributed by atoms with E-state index in [-0.39, 0.29) is 6.54 Å². The molecule has 0 saturated heterocycles. The summed E-state index contributed by atoms with van der Waals surface area (Å²) in [6.45, 7) is 0.585. The lowest BCUT2D eigenvalue weighted by atomic mass is 10.1. The number of nitrogens with zero attached hydrogens (tertiary/aromatic N) is 5. The van der Waals surface area contributed by atoms with E-state index in [2.05, 4.69) is 30.6 Å². The number of hydrogen-bond donors (Lipinski definition) is 2. The minimum absolute atomic E-state index is 0.135. The van der Waals surface area contributed by atoms with Crippen LogP contribution in [0.3, 0.4) is 0 Å². The lowest BCUT2D eigenvalue weighted by Gasteiger charge is -2.12. The molecule has 0 saturated carbocycles. The van der Waals surface area contributed by atoms with Gasteiger partial charge in [-0.05, 0) is 41.5 Å². The van der Waals surface area contributed by atoms with Gasteiger partial charge in [-0.15, -0.1) is 0 Å². The second-order valence-electron chi connectivity index (χ2n) is 7.78. The molecular formula is C25H20F3N7. The second kappa shape index (κ2) is 9.41. The first-order valence-electron chi connectivity index (χ1n) is 10.8. The van der Waals surface area contributed by atoms with Crippen LogP contribution in [0, 0.1) is 0 Å². The Morgan fingerprint density at radius 1 is 0.829 bits per heavy atom. The lowest BCUT2D eigenvalue weighted by molar-refractivity contribution is -0.137. The Bertz CT molecular complexity index is 1430. The van der Waals surface area contributed by atoms with Crippen LogP contribution < -0.4 is 10.6 Å². The number of para-hydroxylation sites is 1. The van der Waals surface area contributed by atoms with Gasteiger partial charge in [-0.3, -0.25) is 9.55 Å². The Kier molecular flexibility index (Phi) is 6.01. The van der Waals surface area contributed by atoms with Gasteiger partial charge in [0.1, 0.15) is 6.33 Å². The smallest absolute Gasteiger partial charge is 0.364 e. The molecule has 0 aliphatic rings. The Hall–Kier alpha value is -4.47. The van der Waals surface area contributed by atoms with Crippen LogP contribution in [0.5, 0.6) is 0 Å². The largest absolute Gasteiger partial charge is 0.416 e. The number of pyridine rings is 1. The quantitative estimate of drug-likeness (QED) is 0.326. The fourth-order valence-corrected chi connectivity index (χ4v) is 3.61. The summed E-state index contributed by atoms with van der Waals surface area (Å²) < 4.78 is 41.2. The first kappa shape index (κ1) is 22.3. The summed E-state index contributed by atoms with van der Waals surface area (Å²) in [7, 11) is 0. The number of aromatic nitrogens is 5. The monoisotopic (exact) mass is 475 g/mol. The molecule has 7 nitrogen and oxygen atoms in total. The van der Waals surface area contributed by atoms with Crippen LogP contribution in [0.1, 0.15) is 16.7 Å². The van der Waals surface area contributed by atoms with E-state index < -0.39 is 11.7 Å². The molecule has 2 aromatic carbocycles. The molecule has 3 aromatic heterocycles. The molecular weight excluding hydrogens is 455 g/mol. The molecule has 0 amide bonds. The van der Waals surface area contributed by atoms with Crippen LogP contribution in [-0.2, 0) is 19.3 Å². The molecule has 5 aromatic rings. The first-order valence-corrected chi connectivity index (χ1v) is 10.8. The van der Waals surface area contributed by atoms with Crippen molar-refractivity contribution in [2.75, 3.05) is 10.6 Å². The van der Waals surface area contributed by atoms with Gasteiger partial charge in [0.15, 0.2) is 17.0 Å². The predicted octanol–water partition coefficient (Wildman–Crippen LogP) is 5.45. The summed E-state index contributed by atoms with van der Waals surface area (Å²) >= 11 is 0. The third-order valence-corrected chi connectivity index (χ3v) is 5.32. The predicted molar refractivity (Wildman–Crippen MR) is 127 cm³/mol. The highest BCUT2D eigenvalue weighted by molar-refractivity contribution is 5.85. The molecule has 3 heterocycles. The van der Waals surface area contributed by atoms with Gasteiger partial charge in [0.2, 0.25) is 5.95 Å².